The highest BCUT2D eigenvalue weighted by molar-refractivity contribution is 7.99. The molecule has 0 radical (unpaired) electrons. The van der Waals surface area contributed by atoms with Gasteiger partial charge in [0.25, 0.3) is 0 Å². The Morgan fingerprint density at radius 1 is 1.58 bits per heavy atom. The molecule has 0 amide bonds. The van der Waals surface area contributed by atoms with E-state index in [4.69, 9.17) is 5.11 Å². The molecule has 12 heavy (non-hydrogen) atoms. The van der Waals surface area contributed by atoms with Crippen LogP contribution in [-0.4, -0.2) is 35.3 Å². The van der Waals surface area contributed by atoms with Gasteiger partial charge in [0.05, 0.1) is 6.61 Å². The van der Waals surface area contributed by atoms with Crippen molar-refractivity contribution in [1.82, 2.24) is 5.32 Å². The molecule has 2 unspecified atom stereocenters. The monoisotopic (exact) mass is 189 g/mol. The molecular weight excluding hydrogens is 170 g/mol. The summed E-state index contributed by atoms with van der Waals surface area (Å²) >= 11 is 2.07. The fourth-order valence-electron chi connectivity index (χ4n) is 1.37. The van der Waals surface area contributed by atoms with Crippen LogP contribution in [0, 0.1) is 0 Å². The molecule has 2 nitrogen and oxygen atoms in total. The number of aliphatic hydroxyl groups is 1. The highest BCUT2D eigenvalue weighted by Crippen LogP contribution is 2.24. The molecule has 72 valence electrons. The van der Waals surface area contributed by atoms with Crippen molar-refractivity contribution < 1.29 is 5.11 Å². The quantitative estimate of drug-likeness (QED) is 0.698. The highest BCUT2D eigenvalue weighted by Gasteiger charge is 2.13. The minimum Gasteiger partial charge on any atom is -0.395 e. The SMILES string of the molecule is CC(CO)NCC1CCCCS1. The Hall–Kier alpha value is 0.270. The molecule has 0 aromatic rings. The van der Waals surface area contributed by atoms with E-state index in [2.05, 4.69) is 17.1 Å². The Labute approximate surface area is 79.1 Å². The smallest absolute Gasteiger partial charge is 0.0581 e. The molecule has 0 aromatic carbocycles. The zero-order valence-electron chi connectivity index (χ0n) is 7.75. The molecule has 1 heterocycles. The predicted octanol–water partition coefficient (Wildman–Crippen LogP) is 1.24. The van der Waals surface area contributed by atoms with Crippen LogP contribution in [0.1, 0.15) is 26.2 Å². The van der Waals surface area contributed by atoms with Gasteiger partial charge < -0.3 is 10.4 Å². The summed E-state index contributed by atoms with van der Waals surface area (Å²) in [7, 11) is 0. The van der Waals surface area contributed by atoms with Crippen molar-refractivity contribution in [3.63, 3.8) is 0 Å². The van der Waals surface area contributed by atoms with Crippen LogP contribution in [0.15, 0.2) is 0 Å². The summed E-state index contributed by atoms with van der Waals surface area (Å²) in [6, 6.07) is 0.257. The lowest BCUT2D eigenvalue weighted by Gasteiger charge is -2.23. The van der Waals surface area contributed by atoms with E-state index in [1.165, 1.54) is 25.0 Å². The van der Waals surface area contributed by atoms with Crippen molar-refractivity contribution in [3.8, 4) is 0 Å². The minimum absolute atomic E-state index is 0.247. The van der Waals surface area contributed by atoms with Crippen molar-refractivity contribution in [2.45, 2.75) is 37.5 Å². The molecule has 1 rings (SSSR count). The largest absolute Gasteiger partial charge is 0.395 e. The van der Waals surface area contributed by atoms with Crippen molar-refractivity contribution in [2.75, 3.05) is 18.9 Å². The van der Waals surface area contributed by atoms with Crippen LogP contribution in [0.2, 0.25) is 0 Å². The predicted molar refractivity (Wildman–Crippen MR) is 54.6 cm³/mol. The van der Waals surface area contributed by atoms with E-state index in [9.17, 15) is 0 Å². The number of rotatable bonds is 4. The van der Waals surface area contributed by atoms with Crippen LogP contribution in [0.4, 0.5) is 0 Å². The van der Waals surface area contributed by atoms with E-state index < -0.39 is 0 Å². The third kappa shape index (κ3) is 3.78. The van der Waals surface area contributed by atoms with Gasteiger partial charge in [-0.2, -0.15) is 11.8 Å². The number of hydrogen-bond donors (Lipinski definition) is 2. The highest BCUT2D eigenvalue weighted by atomic mass is 32.2. The van der Waals surface area contributed by atoms with Gasteiger partial charge in [-0.15, -0.1) is 0 Å². The first-order valence-electron chi connectivity index (χ1n) is 4.78. The Morgan fingerprint density at radius 2 is 2.42 bits per heavy atom. The molecule has 3 heteroatoms. The minimum atomic E-state index is 0.247. The lowest BCUT2D eigenvalue weighted by Crippen LogP contribution is -2.35. The lowest BCUT2D eigenvalue weighted by atomic mass is 10.2. The van der Waals surface area contributed by atoms with Crippen LogP contribution in [0.5, 0.6) is 0 Å². The van der Waals surface area contributed by atoms with Crippen LogP contribution in [-0.2, 0) is 0 Å². The molecule has 1 aliphatic heterocycles. The number of hydrogen-bond acceptors (Lipinski definition) is 3. The van der Waals surface area contributed by atoms with Gasteiger partial charge in [-0.05, 0) is 25.5 Å². The summed E-state index contributed by atoms with van der Waals surface area (Å²) in [5, 5.41) is 12.9. The van der Waals surface area contributed by atoms with Gasteiger partial charge >= 0.3 is 0 Å². The summed E-state index contributed by atoms with van der Waals surface area (Å²) in [6.45, 7) is 3.33. The maximum atomic E-state index is 8.79. The van der Waals surface area contributed by atoms with Gasteiger partial charge in [0.2, 0.25) is 0 Å². The first-order valence-corrected chi connectivity index (χ1v) is 5.83. The van der Waals surface area contributed by atoms with Crippen LogP contribution >= 0.6 is 11.8 Å². The number of aliphatic hydroxyl groups excluding tert-OH is 1. The van der Waals surface area contributed by atoms with E-state index in [-0.39, 0.29) is 12.6 Å². The zero-order chi connectivity index (χ0) is 8.81. The third-order valence-electron chi connectivity index (χ3n) is 2.24. The van der Waals surface area contributed by atoms with Crippen molar-refractivity contribution in [1.29, 1.82) is 0 Å². The normalized spacial score (nSPS) is 27.0. The first kappa shape index (κ1) is 10.4. The summed E-state index contributed by atoms with van der Waals surface area (Å²) in [6.07, 6.45) is 4.11. The summed E-state index contributed by atoms with van der Waals surface area (Å²) in [5.74, 6) is 1.32. The lowest BCUT2D eigenvalue weighted by molar-refractivity contribution is 0.251. The Kier molecular flexibility index (Phi) is 5.04. The summed E-state index contributed by atoms with van der Waals surface area (Å²) < 4.78 is 0. The van der Waals surface area contributed by atoms with E-state index in [0.717, 1.165) is 11.8 Å². The molecule has 0 aromatic heterocycles. The number of nitrogens with one attached hydrogen (secondary N) is 1. The van der Waals surface area contributed by atoms with Crippen molar-refractivity contribution >= 4 is 11.8 Å². The molecular formula is C9H19NOS. The fourth-order valence-corrected chi connectivity index (χ4v) is 2.62. The molecule has 1 fully saturated rings. The average Bonchev–Trinajstić information content (AvgIpc) is 2.16. The third-order valence-corrected chi connectivity index (χ3v) is 3.64. The topological polar surface area (TPSA) is 32.3 Å². The average molecular weight is 189 g/mol. The van der Waals surface area contributed by atoms with Gasteiger partial charge in [0.15, 0.2) is 0 Å². The second-order valence-electron chi connectivity index (χ2n) is 3.48. The van der Waals surface area contributed by atoms with E-state index in [1.54, 1.807) is 0 Å². The summed E-state index contributed by atoms with van der Waals surface area (Å²) in [4.78, 5) is 0. The molecule has 2 N–H and O–H groups in total. The van der Waals surface area contributed by atoms with Crippen LogP contribution < -0.4 is 5.32 Å². The number of thioether (sulfide) groups is 1. The van der Waals surface area contributed by atoms with Crippen molar-refractivity contribution in [3.05, 3.63) is 0 Å². The molecule has 1 saturated heterocycles. The van der Waals surface area contributed by atoms with Gasteiger partial charge in [-0.1, -0.05) is 6.42 Å². The van der Waals surface area contributed by atoms with Gasteiger partial charge in [-0.3, -0.25) is 0 Å². The standard InChI is InChI=1S/C9H19NOS/c1-8(7-11)10-6-9-4-2-3-5-12-9/h8-11H,2-7H2,1H3. The Morgan fingerprint density at radius 3 is 3.00 bits per heavy atom. The Bertz CT molecular complexity index is 115. The van der Waals surface area contributed by atoms with Crippen LogP contribution in [0.25, 0.3) is 0 Å². The molecule has 0 saturated carbocycles. The van der Waals surface area contributed by atoms with Gasteiger partial charge in [0.1, 0.15) is 0 Å². The van der Waals surface area contributed by atoms with Crippen molar-refractivity contribution in [2.24, 2.45) is 0 Å². The molecule has 2 atom stereocenters. The van der Waals surface area contributed by atoms with Gasteiger partial charge in [0, 0.05) is 17.8 Å². The second-order valence-corrected chi connectivity index (χ2v) is 4.89. The Balaban J connectivity index is 2.05. The van der Waals surface area contributed by atoms with E-state index in [1.807, 2.05) is 6.92 Å². The maximum Gasteiger partial charge on any atom is 0.0581 e. The first-order chi connectivity index (χ1) is 5.83. The second kappa shape index (κ2) is 5.84. The van der Waals surface area contributed by atoms with Crippen LogP contribution in [0.3, 0.4) is 0 Å². The zero-order valence-corrected chi connectivity index (χ0v) is 8.57. The van der Waals surface area contributed by atoms with E-state index >= 15 is 0 Å². The molecule has 0 aliphatic carbocycles. The van der Waals surface area contributed by atoms with E-state index in [0.29, 0.717) is 0 Å². The fraction of sp³-hybridized carbons (Fsp3) is 1.00. The molecule has 1 aliphatic rings. The summed E-state index contributed by atoms with van der Waals surface area (Å²) in [5.41, 5.74) is 0. The van der Waals surface area contributed by atoms with Gasteiger partial charge in [-0.25, -0.2) is 0 Å². The molecule has 0 spiro atoms. The molecule has 0 bridgehead atoms. The maximum absolute atomic E-state index is 8.79.